The summed E-state index contributed by atoms with van der Waals surface area (Å²) in [4.78, 5) is 23.1. The number of carbonyl (C=O) groups excluding carboxylic acids is 2. The summed E-state index contributed by atoms with van der Waals surface area (Å²) in [7, 11) is 2.57. The Morgan fingerprint density at radius 1 is 1.24 bits per heavy atom. The highest BCUT2D eigenvalue weighted by atomic mass is 16.5. The van der Waals surface area contributed by atoms with Gasteiger partial charge in [0.2, 0.25) is 0 Å². The molecule has 0 aliphatic carbocycles. The molecule has 0 aromatic heterocycles. The number of nitrogens with two attached hydrogens (primary N) is 1. The molecule has 0 aliphatic rings. The molecule has 0 aliphatic heterocycles. The fraction of sp³-hybridized carbons (Fsp3) is 0.333. The Bertz CT molecular complexity index is 417. The van der Waals surface area contributed by atoms with Gasteiger partial charge in [0.25, 0.3) is 0 Å². The van der Waals surface area contributed by atoms with Gasteiger partial charge in [-0.15, -0.1) is 0 Å². The molecular formula is C12H15NO4. The molecule has 0 bridgehead atoms. The van der Waals surface area contributed by atoms with Crippen molar-refractivity contribution in [2.45, 2.75) is 5.92 Å². The van der Waals surface area contributed by atoms with Gasteiger partial charge in [-0.2, -0.15) is 0 Å². The molecule has 1 unspecified atom stereocenters. The number of carbonyl (C=O) groups is 2. The van der Waals surface area contributed by atoms with Crippen LogP contribution in [0.25, 0.3) is 0 Å². The van der Waals surface area contributed by atoms with Gasteiger partial charge in [-0.1, -0.05) is 18.2 Å². The van der Waals surface area contributed by atoms with Crippen LogP contribution in [-0.4, -0.2) is 32.7 Å². The Morgan fingerprint density at radius 2 is 1.88 bits per heavy atom. The standard InChI is InChI=1S/C12H15NO4/c1-16-11(14)9-6-4-3-5-8(9)10(7-13)12(15)17-2/h3-6,10H,7,13H2,1-2H3. The first kappa shape index (κ1) is 13.2. The molecule has 92 valence electrons. The first-order valence-electron chi connectivity index (χ1n) is 5.10. The van der Waals surface area contributed by atoms with Gasteiger partial charge >= 0.3 is 11.9 Å². The summed E-state index contributed by atoms with van der Waals surface area (Å²) in [5.41, 5.74) is 6.39. The van der Waals surface area contributed by atoms with Crippen molar-refractivity contribution in [3.8, 4) is 0 Å². The normalized spacial score (nSPS) is 11.7. The van der Waals surface area contributed by atoms with Crippen molar-refractivity contribution in [2.24, 2.45) is 5.73 Å². The van der Waals surface area contributed by atoms with Gasteiger partial charge < -0.3 is 15.2 Å². The Labute approximate surface area is 99.5 Å². The largest absolute Gasteiger partial charge is 0.469 e. The maximum atomic E-state index is 11.6. The second-order valence-corrected chi connectivity index (χ2v) is 3.39. The highest BCUT2D eigenvalue weighted by molar-refractivity contribution is 5.93. The molecule has 1 atom stereocenters. The molecule has 1 aromatic rings. The minimum atomic E-state index is -0.657. The molecule has 0 fully saturated rings. The third-order valence-corrected chi connectivity index (χ3v) is 2.46. The highest BCUT2D eigenvalue weighted by Crippen LogP contribution is 2.21. The van der Waals surface area contributed by atoms with Gasteiger partial charge in [0, 0.05) is 6.54 Å². The molecule has 0 saturated carbocycles. The molecule has 17 heavy (non-hydrogen) atoms. The van der Waals surface area contributed by atoms with Crippen LogP contribution in [0.15, 0.2) is 24.3 Å². The van der Waals surface area contributed by atoms with Crippen LogP contribution < -0.4 is 5.73 Å². The predicted molar refractivity (Wildman–Crippen MR) is 61.6 cm³/mol. The van der Waals surface area contributed by atoms with E-state index in [1.807, 2.05) is 0 Å². The van der Waals surface area contributed by atoms with Gasteiger partial charge in [-0.05, 0) is 11.6 Å². The van der Waals surface area contributed by atoms with Gasteiger partial charge in [0.1, 0.15) is 0 Å². The van der Waals surface area contributed by atoms with Crippen molar-refractivity contribution in [3.05, 3.63) is 35.4 Å². The maximum absolute atomic E-state index is 11.6. The van der Waals surface area contributed by atoms with Crippen molar-refractivity contribution in [3.63, 3.8) is 0 Å². The molecule has 1 aromatic carbocycles. The number of esters is 2. The number of rotatable bonds is 4. The first-order valence-corrected chi connectivity index (χ1v) is 5.10. The average Bonchev–Trinajstić information content (AvgIpc) is 2.39. The molecule has 0 radical (unpaired) electrons. The quantitative estimate of drug-likeness (QED) is 0.779. The van der Waals surface area contributed by atoms with E-state index in [1.165, 1.54) is 14.2 Å². The molecule has 2 N–H and O–H groups in total. The predicted octanol–water partition coefficient (Wildman–Crippen LogP) is 0.689. The number of benzene rings is 1. The molecule has 0 spiro atoms. The molecular weight excluding hydrogens is 222 g/mol. The van der Waals surface area contributed by atoms with Gasteiger partial charge in [0.15, 0.2) is 0 Å². The first-order chi connectivity index (χ1) is 8.15. The zero-order valence-corrected chi connectivity index (χ0v) is 9.80. The minimum absolute atomic E-state index is 0.0701. The summed E-state index contributed by atoms with van der Waals surface area (Å²) < 4.78 is 9.31. The average molecular weight is 237 g/mol. The smallest absolute Gasteiger partial charge is 0.338 e. The third kappa shape index (κ3) is 2.82. The van der Waals surface area contributed by atoms with Crippen LogP contribution in [-0.2, 0) is 14.3 Å². The van der Waals surface area contributed by atoms with E-state index < -0.39 is 17.9 Å². The Hall–Kier alpha value is -1.88. The Balaban J connectivity index is 3.19. The molecule has 0 saturated heterocycles. The van der Waals surface area contributed by atoms with Crippen molar-refractivity contribution < 1.29 is 19.1 Å². The van der Waals surface area contributed by atoms with E-state index in [1.54, 1.807) is 24.3 Å². The second-order valence-electron chi connectivity index (χ2n) is 3.39. The second kappa shape index (κ2) is 6.00. The van der Waals surface area contributed by atoms with E-state index in [2.05, 4.69) is 9.47 Å². The topological polar surface area (TPSA) is 78.6 Å². The van der Waals surface area contributed by atoms with Gasteiger partial charge in [-0.25, -0.2) is 4.79 Å². The summed E-state index contributed by atoms with van der Waals surface area (Å²) in [6, 6.07) is 6.68. The van der Waals surface area contributed by atoms with Crippen molar-refractivity contribution in [1.82, 2.24) is 0 Å². The minimum Gasteiger partial charge on any atom is -0.469 e. The lowest BCUT2D eigenvalue weighted by molar-refractivity contribution is -0.142. The molecule has 1 rings (SSSR count). The number of ether oxygens (including phenoxy) is 2. The Kier molecular flexibility index (Phi) is 4.66. The van der Waals surface area contributed by atoms with Crippen molar-refractivity contribution >= 4 is 11.9 Å². The van der Waals surface area contributed by atoms with Crippen LogP contribution in [0, 0.1) is 0 Å². The lowest BCUT2D eigenvalue weighted by Gasteiger charge is -2.15. The summed E-state index contributed by atoms with van der Waals surface area (Å²) >= 11 is 0. The molecule has 0 amide bonds. The lowest BCUT2D eigenvalue weighted by atomic mass is 9.94. The van der Waals surface area contributed by atoms with E-state index >= 15 is 0 Å². The van der Waals surface area contributed by atoms with E-state index in [-0.39, 0.29) is 6.54 Å². The number of hydrogen-bond acceptors (Lipinski definition) is 5. The SMILES string of the molecule is COC(=O)c1ccccc1C(CN)C(=O)OC. The van der Waals surface area contributed by atoms with Crippen LogP contribution in [0.2, 0.25) is 0 Å². The van der Waals surface area contributed by atoms with E-state index in [0.717, 1.165) is 0 Å². The van der Waals surface area contributed by atoms with Crippen LogP contribution in [0.5, 0.6) is 0 Å². The van der Waals surface area contributed by atoms with Crippen LogP contribution in [0.1, 0.15) is 21.8 Å². The number of hydrogen-bond donors (Lipinski definition) is 1. The van der Waals surface area contributed by atoms with Crippen molar-refractivity contribution in [1.29, 1.82) is 0 Å². The van der Waals surface area contributed by atoms with E-state index in [0.29, 0.717) is 11.1 Å². The zero-order chi connectivity index (χ0) is 12.8. The summed E-state index contributed by atoms with van der Waals surface area (Å²) in [6.45, 7) is 0.0701. The lowest BCUT2D eigenvalue weighted by Crippen LogP contribution is -2.25. The van der Waals surface area contributed by atoms with Crippen molar-refractivity contribution in [2.75, 3.05) is 20.8 Å². The monoisotopic (exact) mass is 237 g/mol. The summed E-state index contributed by atoms with van der Waals surface area (Å²) in [5.74, 6) is -1.62. The molecule has 5 heteroatoms. The number of methoxy groups -OCH3 is 2. The summed E-state index contributed by atoms with van der Waals surface area (Å²) in [5, 5.41) is 0. The van der Waals surface area contributed by atoms with Gasteiger partial charge in [0.05, 0.1) is 25.7 Å². The van der Waals surface area contributed by atoms with E-state index in [9.17, 15) is 9.59 Å². The molecule has 0 heterocycles. The third-order valence-electron chi connectivity index (χ3n) is 2.46. The van der Waals surface area contributed by atoms with Crippen LogP contribution in [0.4, 0.5) is 0 Å². The van der Waals surface area contributed by atoms with Crippen LogP contribution >= 0.6 is 0 Å². The molecule has 5 nitrogen and oxygen atoms in total. The summed E-state index contributed by atoms with van der Waals surface area (Å²) in [6.07, 6.45) is 0. The van der Waals surface area contributed by atoms with Gasteiger partial charge in [-0.3, -0.25) is 4.79 Å². The van der Waals surface area contributed by atoms with Crippen LogP contribution in [0.3, 0.4) is 0 Å². The fourth-order valence-electron chi connectivity index (χ4n) is 1.59. The highest BCUT2D eigenvalue weighted by Gasteiger charge is 2.24. The maximum Gasteiger partial charge on any atom is 0.338 e. The van der Waals surface area contributed by atoms with E-state index in [4.69, 9.17) is 5.73 Å². The zero-order valence-electron chi connectivity index (χ0n) is 9.80. The fourth-order valence-corrected chi connectivity index (χ4v) is 1.59. The Morgan fingerprint density at radius 3 is 2.41 bits per heavy atom.